The summed E-state index contributed by atoms with van der Waals surface area (Å²) in [6.45, 7) is 7.57. The Hall–Kier alpha value is -3.22. The van der Waals surface area contributed by atoms with Gasteiger partial charge < -0.3 is 29.4 Å². The van der Waals surface area contributed by atoms with Crippen LogP contribution >= 0.6 is 0 Å². The van der Waals surface area contributed by atoms with Gasteiger partial charge in [-0.2, -0.15) is 0 Å². The van der Waals surface area contributed by atoms with Crippen molar-refractivity contribution in [2.45, 2.75) is 69.6 Å². The lowest BCUT2D eigenvalue weighted by atomic mass is 9.88. The fourth-order valence-electron chi connectivity index (χ4n) is 5.64. The molecule has 2 aliphatic heterocycles. The topological polar surface area (TPSA) is 149 Å². The average molecular weight is 603 g/mol. The van der Waals surface area contributed by atoms with Crippen LogP contribution < -0.4 is 9.84 Å². The van der Waals surface area contributed by atoms with Crippen LogP contribution in [0.25, 0.3) is 11.3 Å². The summed E-state index contributed by atoms with van der Waals surface area (Å²) >= 11 is 0. The number of aryl methyl sites for hydroxylation is 1. The lowest BCUT2D eigenvalue weighted by molar-refractivity contribution is -0.310. The molecule has 0 spiro atoms. The SMILES string of the molecule is Cc1cc(C2CCN(S(=O)(=O)C3(C(=O)[O-])CCN(C(=O)OC(C)(C)C)CC3)CC2)ccc1-c1cccc(OCCO)n1. The molecule has 1 aromatic carbocycles. The highest BCUT2D eigenvalue weighted by molar-refractivity contribution is 7.91. The van der Waals surface area contributed by atoms with Crippen LogP contribution in [-0.2, 0) is 19.6 Å². The van der Waals surface area contributed by atoms with Gasteiger partial charge in [0.1, 0.15) is 17.0 Å². The van der Waals surface area contributed by atoms with Crippen molar-refractivity contribution in [3.63, 3.8) is 0 Å². The Labute approximate surface area is 247 Å². The van der Waals surface area contributed by atoms with Crippen LogP contribution in [0, 0.1) is 6.92 Å². The number of hydrogen-bond acceptors (Lipinski definition) is 9. The Morgan fingerprint density at radius 2 is 1.76 bits per heavy atom. The van der Waals surface area contributed by atoms with Crippen molar-refractivity contribution in [3.8, 4) is 17.1 Å². The minimum Gasteiger partial charge on any atom is -0.548 e. The first-order valence-corrected chi connectivity index (χ1v) is 15.7. The van der Waals surface area contributed by atoms with Crippen molar-refractivity contribution in [2.24, 2.45) is 0 Å². The van der Waals surface area contributed by atoms with Crippen molar-refractivity contribution in [3.05, 3.63) is 47.5 Å². The second-order valence-electron chi connectivity index (χ2n) is 11.9. The van der Waals surface area contributed by atoms with Gasteiger partial charge in [0, 0.05) is 37.8 Å². The molecule has 0 saturated carbocycles. The summed E-state index contributed by atoms with van der Waals surface area (Å²) in [5.41, 5.74) is 3.08. The smallest absolute Gasteiger partial charge is 0.410 e. The number of piperidine rings is 2. The van der Waals surface area contributed by atoms with E-state index in [9.17, 15) is 23.1 Å². The summed E-state index contributed by atoms with van der Waals surface area (Å²) in [7, 11) is -4.24. The predicted octanol–water partition coefficient (Wildman–Crippen LogP) is 2.46. The number of hydrogen-bond donors (Lipinski definition) is 1. The molecule has 2 aliphatic rings. The minimum absolute atomic E-state index is 0.0461. The second-order valence-corrected chi connectivity index (χ2v) is 14.2. The maximum Gasteiger partial charge on any atom is 0.410 e. The van der Waals surface area contributed by atoms with E-state index in [1.807, 2.05) is 31.2 Å². The highest BCUT2D eigenvalue weighted by Gasteiger charge is 2.51. The van der Waals surface area contributed by atoms with Crippen molar-refractivity contribution in [2.75, 3.05) is 39.4 Å². The Kier molecular flexibility index (Phi) is 9.49. The number of rotatable bonds is 8. The number of aliphatic carboxylic acids is 1. The van der Waals surface area contributed by atoms with Gasteiger partial charge in [0.15, 0.2) is 0 Å². The summed E-state index contributed by atoms with van der Waals surface area (Å²) in [4.78, 5) is 30.7. The molecular formula is C30H40N3O8S-. The van der Waals surface area contributed by atoms with Gasteiger partial charge in [0.2, 0.25) is 15.9 Å². The van der Waals surface area contributed by atoms with Gasteiger partial charge >= 0.3 is 6.09 Å². The number of aliphatic hydroxyl groups is 1. The Bertz CT molecular complexity index is 1390. The van der Waals surface area contributed by atoms with Crippen molar-refractivity contribution in [1.29, 1.82) is 0 Å². The number of carboxylic acid groups (broad SMARTS) is 1. The number of carboxylic acids is 1. The monoisotopic (exact) mass is 602 g/mol. The molecule has 1 aromatic heterocycles. The van der Waals surface area contributed by atoms with Crippen LogP contribution in [0.5, 0.6) is 5.88 Å². The molecular weight excluding hydrogens is 562 g/mol. The minimum atomic E-state index is -4.24. The normalized spacial score (nSPS) is 18.5. The van der Waals surface area contributed by atoms with E-state index in [1.165, 1.54) is 9.21 Å². The molecule has 230 valence electrons. The standard InChI is InChI=1S/C30H41N3O8S/c1-21-20-23(8-9-24(21)25-6-5-7-26(31-25)40-19-18-34)22-10-14-33(15-11-22)42(38,39)30(27(35)36)12-16-32(17-13-30)28(37)41-29(2,3)4/h5-9,20,22,34H,10-19H2,1-4H3,(H,35,36)/p-1. The number of pyridine rings is 1. The van der Waals surface area contributed by atoms with Crippen LogP contribution in [0.1, 0.15) is 63.5 Å². The van der Waals surface area contributed by atoms with Crippen LogP contribution in [0.2, 0.25) is 0 Å². The first-order chi connectivity index (χ1) is 19.8. The van der Waals surface area contributed by atoms with E-state index >= 15 is 0 Å². The maximum absolute atomic E-state index is 13.7. The molecule has 2 saturated heterocycles. The van der Waals surface area contributed by atoms with E-state index in [-0.39, 0.29) is 58.2 Å². The number of benzene rings is 1. The number of carbonyl (C=O) groups is 2. The number of carbonyl (C=O) groups excluding carboxylic acids is 2. The van der Waals surface area contributed by atoms with E-state index in [2.05, 4.69) is 11.1 Å². The van der Waals surface area contributed by atoms with Crippen LogP contribution in [0.3, 0.4) is 0 Å². The zero-order valence-electron chi connectivity index (χ0n) is 24.7. The molecule has 0 radical (unpaired) electrons. The molecule has 1 amide bonds. The number of amides is 1. The van der Waals surface area contributed by atoms with Crippen molar-refractivity contribution < 1.29 is 37.7 Å². The molecule has 0 bridgehead atoms. The summed E-state index contributed by atoms with van der Waals surface area (Å²) in [5.74, 6) is -1.08. The van der Waals surface area contributed by atoms with Crippen molar-refractivity contribution in [1.82, 2.24) is 14.2 Å². The molecule has 11 nitrogen and oxygen atoms in total. The molecule has 0 unspecified atom stereocenters. The van der Waals surface area contributed by atoms with E-state index in [4.69, 9.17) is 14.6 Å². The van der Waals surface area contributed by atoms with Gasteiger partial charge in [-0.05, 0) is 76.5 Å². The van der Waals surface area contributed by atoms with Gasteiger partial charge in [-0.25, -0.2) is 22.5 Å². The molecule has 2 fully saturated rings. The lowest BCUT2D eigenvalue weighted by Gasteiger charge is -2.45. The maximum atomic E-state index is 13.7. The lowest BCUT2D eigenvalue weighted by Crippen LogP contribution is -2.63. The number of sulfonamides is 1. The molecule has 2 aromatic rings. The number of nitrogens with zero attached hydrogens (tertiary/aromatic N) is 3. The molecule has 0 atom stereocenters. The van der Waals surface area contributed by atoms with E-state index in [0.717, 1.165) is 22.4 Å². The van der Waals surface area contributed by atoms with E-state index < -0.39 is 32.4 Å². The summed E-state index contributed by atoms with van der Waals surface area (Å²) < 4.78 is 37.5. The molecule has 12 heteroatoms. The third-order valence-electron chi connectivity index (χ3n) is 7.95. The molecule has 3 heterocycles. The third kappa shape index (κ3) is 6.71. The van der Waals surface area contributed by atoms with Gasteiger partial charge in [0.05, 0.1) is 18.3 Å². The third-order valence-corrected chi connectivity index (χ3v) is 10.6. The Morgan fingerprint density at radius 3 is 2.33 bits per heavy atom. The summed E-state index contributed by atoms with van der Waals surface area (Å²) in [6.07, 6.45) is 0.00432. The van der Waals surface area contributed by atoms with Crippen LogP contribution in [0.4, 0.5) is 4.79 Å². The average Bonchev–Trinajstić information content (AvgIpc) is 2.95. The zero-order chi connectivity index (χ0) is 30.7. The van der Waals surface area contributed by atoms with E-state index in [0.29, 0.717) is 18.7 Å². The highest BCUT2D eigenvalue weighted by Crippen LogP contribution is 2.38. The quantitative estimate of drug-likeness (QED) is 0.481. The highest BCUT2D eigenvalue weighted by atomic mass is 32.2. The second kappa shape index (κ2) is 12.6. The van der Waals surface area contributed by atoms with Gasteiger partial charge in [0.25, 0.3) is 0 Å². The molecule has 4 rings (SSSR count). The van der Waals surface area contributed by atoms with Gasteiger partial charge in [-0.3, -0.25) is 0 Å². The fraction of sp³-hybridized carbons (Fsp3) is 0.567. The Morgan fingerprint density at radius 1 is 1.10 bits per heavy atom. The van der Waals surface area contributed by atoms with Crippen molar-refractivity contribution >= 4 is 22.1 Å². The Balaban J connectivity index is 1.42. The first-order valence-electron chi connectivity index (χ1n) is 14.3. The summed E-state index contributed by atoms with van der Waals surface area (Å²) in [6, 6.07) is 11.6. The number of likely N-dealkylation sites (tertiary alicyclic amines) is 1. The molecule has 0 aliphatic carbocycles. The van der Waals surface area contributed by atoms with Gasteiger partial charge in [-0.15, -0.1) is 0 Å². The van der Waals surface area contributed by atoms with Crippen LogP contribution in [-0.4, -0.2) is 89.5 Å². The number of aromatic nitrogens is 1. The summed E-state index contributed by atoms with van der Waals surface area (Å²) in [5, 5.41) is 21.3. The predicted molar refractivity (Wildman–Crippen MR) is 154 cm³/mol. The molecule has 1 N–H and O–H groups in total. The van der Waals surface area contributed by atoms with E-state index in [1.54, 1.807) is 26.8 Å². The number of aliphatic hydroxyl groups excluding tert-OH is 1. The van der Waals surface area contributed by atoms with Gasteiger partial charge in [-0.1, -0.05) is 24.3 Å². The van der Waals surface area contributed by atoms with Crippen LogP contribution in [0.15, 0.2) is 36.4 Å². The zero-order valence-corrected chi connectivity index (χ0v) is 25.5. The first kappa shape index (κ1) is 31.7. The molecule has 42 heavy (non-hydrogen) atoms. The largest absolute Gasteiger partial charge is 0.548 e. The fourth-order valence-corrected chi connectivity index (χ4v) is 7.74. The number of ether oxygens (including phenoxy) is 2.